The van der Waals surface area contributed by atoms with Gasteiger partial charge in [-0.1, -0.05) is 23.7 Å². The standard InChI is InChI=1S/C17H21ClN2O4/c1-17(12-4-5-12)15(22)20(16(23)19-17)8-14(21)10-24-9-11-2-6-13(18)7-3-11/h2-3,6-7,12,14,21H,4-5,8-10H2,1H3,(H,19,23)/t14-,17+/m0/s1. The Labute approximate surface area is 145 Å². The zero-order chi connectivity index (χ0) is 17.3. The van der Waals surface area contributed by atoms with Gasteiger partial charge in [0.25, 0.3) is 5.91 Å². The van der Waals surface area contributed by atoms with Crippen molar-refractivity contribution in [2.24, 2.45) is 5.92 Å². The Hall–Kier alpha value is -1.63. The quantitative estimate of drug-likeness (QED) is 0.735. The van der Waals surface area contributed by atoms with Gasteiger partial charge in [-0.05, 0) is 43.4 Å². The summed E-state index contributed by atoms with van der Waals surface area (Å²) in [5.41, 5.74) is 0.115. The molecule has 1 aliphatic heterocycles. The normalized spacial score (nSPS) is 25.0. The Morgan fingerprint density at radius 1 is 1.38 bits per heavy atom. The molecule has 0 bridgehead atoms. The first-order chi connectivity index (χ1) is 11.4. The number of amides is 3. The van der Waals surface area contributed by atoms with Gasteiger partial charge in [-0.3, -0.25) is 9.69 Å². The van der Waals surface area contributed by atoms with Crippen LogP contribution in [0.15, 0.2) is 24.3 Å². The maximum Gasteiger partial charge on any atom is 0.325 e. The summed E-state index contributed by atoms with van der Waals surface area (Å²) in [7, 11) is 0. The number of hydrogen-bond donors (Lipinski definition) is 2. The minimum Gasteiger partial charge on any atom is -0.389 e. The maximum atomic E-state index is 12.5. The van der Waals surface area contributed by atoms with Gasteiger partial charge in [0.2, 0.25) is 0 Å². The second-order valence-electron chi connectivity index (χ2n) is 6.62. The number of urea groups is 1. The zero-order valence-corrected chi connectivity index (χ0v) is 14.3. The van der Waals surface area contributed by atoms with Crippen molar-refractivity contribution < 1.29 is 19.4 Å². The number of rotatable bonds is 7. The molecule has 7 heteroatoms. The second kappa shape index (κ2) is 6.70. The van der Waals surface area contributed by atoms with Crippen LogP contribution < -0.4 is 5.32 Å². The highest BCUT2D eigenvalue weighted by Gasteiger charge is 2.56. The van der Waals surface area contributed by atoms with Gasteiger partial charge >= 0.3 is 6.03 Å². The number of carbonyl (C=O) groups is 2. The van der Waals surface area contributed by atoms with E-state index < -0.39 is 17.7 Å². The van der Waals surface area contributed by atoms with Crippen molar-refractivity contribution in [2.75, 3.05) is 13.2 Å². The molecule has 1 aliphatic carbocycles. The summed E-state index contributed by atoms with van der Waals surface area (Å²) in [5.74, 6) is -0.0519. The van der Waals surface area contributed by atoms with Gasteiger partial charge in [0.1, 0.15) is 5.54 Å². The topological polar surface area (TPSA) is 78.9 Å². The summed E-state index contributed by atoms with van der Waals surface area (Å²) in [6, 6.07) is 6.78. The first-order valence-corrected chi connectivity index (χ1v) is 8.42. The average molecular weight is 353 g/mol. The summed E-state index contributed by atoms with van der Waals surface area (Å²) in [4.78, 5) is 25.6. The van der Waals surface area contributed by atoms with Gasteiger partial charge < -0.3 is 15.2 Å². The molecule has 2 aliphatic rings. The number of hydrogen-bond acceptors (Lipinski definition) is 4. The van der Waals surface area contributed by atoms with Gasteiger partial charge in [-0.15, -0.1) is 0 Å². The Balaban J connectivity index is 1.48. The third kappa shape index (κ3) is 3.55. The van der Waals surface area contributed by atoms with Crippen LogP contribution in [0.3, 0.4) is 0 Å². The highest BCUT2D eigenvalue weighted by Crippen LogP contribution is 2.42. The summed E-state index contributed by atoms with van der Waals surface area (Å²) in [6.45, 7) is 2.07. The molecule has 0 spiro atoms. The van der Waals surface area contributed by atoms with Crippen LogP contribution >= 0.6 is 11.6 Å². The van der Waals surface area contributed by atoms with Gasteiger partial charge in [-0.25, -0.2) is 4.79 Å². The predicted octanol–water partition coefficient (Wildman–Crippen LogP) is 1.94. The van der Waals surface area contributed by atoms with Crippen molar-refractivity contribution in [3.05, 3.63) is 34.9 Å². The van der Waals surface area contributed by atoms with Crippen molar-refractivity contribution in [1.82, 2.24) is 10.2 Å². The van der Waals surface area contributed by atoms with Crippen LogP contribution in [0.1, 0.15) is 25.3 Å². The highest BCUT2D eigenvalue weighted by molar-refractivity contribution is 6.30. The van der Waals surface area contributed by atoms with Crippen molar-refractivity contribution in [3.8, 4) is 0 Å². The van der Waals surface area contributed by atoms with Gasteiger partial charge in [0.05, 0.1) is 25.9 Å². The molecule has 1 heterocycles. The van der Waals surface area contributed by atoms with Crippen molar-refractivity contribution in [1.29, 1.82) is 0 Å². The molecule has 1 saturated carbocycles. The number of nitrogens with one attached hydrogen (secondary N) is 1. The molecule has 1 aromatic carbocycles. The van der Waals surface area contributed by atoms with Crippen LogP contribution in [0.25, 0.3) is 0 Å². The van der Waals surface area contributed by atoms with Crippen molar-refractivity contribution in [2.45, 2.75) is 38.0 Å². The van der Waals surface area contributed by atoms with Gasteiger partial charge in [0.15, 0.2) is 0 Å². The van der Waals surface area contributed by atoms with E-state index in [9.17, 15) is 14.7 Å². The van der Waals surface area contributed by atoms with Gasteiger partial charge in [-0.2, -0.15) is 0 Å². The smallest absolute Gasteiger partial charge is 0.325 e. The fraction of sp³-hybridized carbons (Fsp3) is 0.529. The lowest BCUT2D eigenvalue weighted by atomic mass is 9.96. The minimum absolute atomic E-state index is 0.0415. The minimum atomic E-state index is -0.923. The van der Waals surface area contributed by atoms with E-state index in [1.165, 1.54) is 0 Å². The number of aliphatic hydroxyl groups is 1. The van der Waals surface area contributed by atoms with Crippen molar-refractivity contribution in [3.63, 3.8) is 0 Å². The van der Waals surface area contributed by atoms with Crippen LogP contribution in [-0.4, -0.2) is 46.7 Å². The lowest BCUT2D eigenvalue weighted by molar-refractivity contribution is -0.132. The molecule has 1 saturated heterocycles. The molecule has 3 amide bonds. The van der Waals surface area contributed by atoms with E-state index in [4.69, 9.17) is 16.3 Å². The number of β-amino-alcohol motifs (C(OH)–C–C–N with tert-alkyl or cyclic N) is 1. The summed E-state index contributed by atoms with van der Waals surface area (Å²) in [6.07, 6.45) is 0.972. The molecule has 6 nitrogen and oxygen atoms in total. The fourth-order valence-corrected chi connectivity index (χ4v) is 3.10. The molecule has 3 rings (SSSR count). The molecule has 1 aromatic rings. The van der Waals surface area contributed by atoms with Crippen LogP contribution in [0, 0.1) is 5.92 Å². The lowest BCUT2D eigenvalue weighted by Crippen LogP contribution is -2.46. The number of ether oxygens (including phenoxy) is 1. The first kappa shape index (κ1) is 17.2. The molecular formula is C17H21ClN2O4. The van der Waals surface area contributed by atoms with E-state index in [0.717, 1.165) is 23.3 Å². The van der Waals surface area contributed by atoms with Gasteiger partial charge in [0, 0.05) is 5.02 Å². The molecule has 2 fully saturated rings. The first-order valence-electron chi connectivity index (χ1n) is 8.04. The molecule has 2 atom stereocenters. The molecule has 0 unspecified atom stereocenters. The Bertz CT molecular complexity index is 632. The summed E-state index contributed by atoms with van der Waals surface area (Å²) >= 11 is 5.81. The second-order valence-corrected chi connectivity index (χ2v) is 7.05. The number of imide groups is 1. The number of nitrogens with zero attached hydrogens (tertiary/aromatic N) is 1. The molecular weight excluding hydrogens is 332 g/mol. The van der Waals surface area contributed by atoms with Crippen molar-refractivity contribution >= 4 is 23.5 Å². The predicted molar refractivity (Wildman–Crippen MR) is 88.5 cm³/mol. The summed E-state index contributed by atoms with van der Waals surface area (Å²) < 4.78 is 5.45. The Morgan fingerprint density at radius 2 is 2.04 bits per heavy atom. The monoisotopic (exact) mass is 352 g/mol. The maximum absolute atomic E-state index is 12.5. The summed E-state index contributed by atoms with van der Waals surface area (Å²) in [5, 5.41) is 13.5. The van der Waals surface area contributed by atoms with E-state index in [2.05, 4.69) is 5.32 Å². The largest absolute Gasteiger partial charge is 0.389 e. The lowest BCUT2D eigenvalue weighted by Gasteiger charge is -2.22. The highest BCUT2D eigenvalue weighted by atomic mass is 35.5. The average Bonchev–Trinajstić information content (AvgIpc) is 3.36. The molecule has 0 aromatic heterocycles. The SMILES string of the molecule is C[C@]1(C2CC2)NC(=O)N(C[C@H](O)COCc2ccc(Cl)cc2)C1=O. The number of benzene rings is 1. The molecule has 2 N–H and O–H groups in total. The van der Waals surface area contributed by atoms with E-state index in [0.29, 0.717) is 11.6 Å². The number of aliphatic hydroxyl groups excluding tert-OH is 1. The van der Waals surface area contributed by atoms with Crippen LogP contribution in [-0.2, 0) is 16.1 Å². The van der Waals surface area contributed by atoms with Crippen LogP contribution in [0.2, 0.25) is 5.02 Å². The fourth-order valence-electron chi connectivity index (χ4n) is 2.98. The van der Waals surface area contributed by atoms with E-state index in [1.54, 1.807) is 19.1 Å². The van der Waals surface area contributed by atoms with Crippen LogP contribution in [0.5, 0.6) is 0 Å². The molecule has 0 radical (unpaired) electrons. The third-order valence-corrected chi connectivity index (χ3v) is 4.83. The van der Waals surface area contributed by atoms with E-state index in [1.807, 2.05) is 12.1 Å². The van der Waals surface area contributed by atoms with Crippen LogP contribution in [0.4, 0.5) is 4.79 Å². The molecule has 24 heavy (non-hydrogen) atoms. The number of carbonyl (C=O) groups excluding carboxylic acids is 2. The van der Waals surface area contributed by atoms with E-state index >= 15 is 0 Å². The van der Waals surface area contributed by atoms with E-state index in [-0.39, 0.29) is 25.0 Å². The Kier molecular flexibility index (Phi) is 4.80. The molecule has 130 valence electrons. The zero-order valence-electron chi connectivity index (χ0n) is 13.5. The number of halogens is 1. The Morgan fingerprint density at radius 3 is 2.67 bits per heavy atom. The third-order valence-electron chi connectivity index (χ3n) is 4.58.